The molecule has 3 rings (SSSR count). The van der Waals surface area contributed by atoms with E-state index < -0.39 is 9.85 Å². The first kappa shape index (κ1) is 23.7. The molecular weight excluding hydrogens is 541 g/mol. The number of allylic oxidation sites excluding steroid dienone is 1. The third-order valence-electron chi connectivity index (χ3n) is 4.58. The molecule has 33 heavy (non-hydrogen) atoms. The summed E-state index contributed by atoms with van der Waals surface area (Å²) in [5.74, 6) is 0.898. The van der Waals surface area contributed by atoms with Crippen molar-refractivity contribution in [3.63, 3.8) is 0 Å². The average molecular weight is 557 g/mol. The van der Waals surface area contributed by atoms with Gasteiger partial charge in [-0.15, -0.1) is 0 Å². The molecule has 3 aromatic carbocycles. The molecule has 0 saturated carbocycles. The van der Waals surface area contributed by atoms with Crippen molar-refractivity contribution in [1.82, 2.24) is 0 Å². The van der Waals surface area contributed by atoms with Gasteiger partial charge in [0, 0.05) is 24.3 Å². The first-order valence-corrected chi connectivity index (χ1v) is 10.5. The van der Waals surface area contributed by atoms with Crippen molar-refractivity contribution < 1.29 is 19.3 Å². The Morgan fingerprint density at radius 1 is 1.06 bits per heavy atom. The molecule has 0 N–H and O–H groups in total. The fourth-order valence-electron chi connectivity index (χ4n) is 2.99. The number of ether oxygens (including phenoxy) is 2. The highest BCUT2D eigenvalue weighted by Gasteiger charge is 2.14. The van der Waals surface area contributed by atoms with E-state index in [0.29, 0.717) is 37.3 Å². The summed E-state index contributed by atoms with van der Waals surface area (Å²) in [5, 5.41) is 31.4. The Morgan fingerprint density at radius 3 is 2.36 bits per heavy atom. The van der Waals surface area contributed by atoms with Crippen LogP contribution in [0.1, 0.15) is 16.7 Å². The van der Waals surface area contributed by atoms with E-state index in [-0.39, 0.29) is 18.0 Å². The van der Waals surface area contributed by atoms with Crippen molar-refractivity contribution >= 4 is 45.6 Å². The van der Waals surface area contributed by atoms with E-state index in [9.17, 15) is 25.5 Å². The topological polar surface area (TPSA) is 129 Å². The van der Waals surface area contributed by atoms with Crippen LogP contribution in [0.2, 0.25) is 0 Å². The molecule has 0 saturated heterocycles. The van der Waals surface area contributed by atoms with Gasteiger partial charge < -0.3 is 9.47 Å². The Labute approximate surface area is 202 Å². The van der Waals surface area contributed by atoms with Crippen molar-refractivity contribution in [2.75, 3.05) is 7.11 Å². The van der Waals surface area contributed by atoms with Gasteiger partial charge in [0.25, 0.3) is 11.4 Å². The summed E-state index contributed by atoms with van der Waals surface area (Å²) in [4.78, 5) is 20.8. The monoisotopic (exact) mass is 557 g/mol. The number of hydrogen-bond acceptors (Lipinski definition) is 7. The van der Waals surface area contributed by atoms with Gasteiger partial charge in [-0.05, 0) is 69.6 Å². The normalized spacial score (nSPS) is 10.9. The maximum Gasteiger partial charge on any atom is 0.269 e. The van der Waals surface area contributed by atoms with Gasteiger partial charge in [0.2, 0.25) is 0 Å². The van der Waals surface area contributed by atoms with E-state index in [2.05, 4.69) is 28.7 Å². The minimum Gasteiger partial charge on any atom is -0.493 e. The number of non-ortho nitro benzene ring substituents is 2. The summed E-state index contributed by atoms with van der Waals surface area (Å²) >= 11 is 2.08. The summed E-state index contributed by atoms with van der Waals surface area (Å²) in [5.41, 5.74) is 2.10. The van der Waals surface area contributed by atoms with Crippen molar-refractivity contribution in [2.24, 2.45) is 0 Å². The van der Waals surface area contributed by atoms with Crippen LogP contribution >= 0.6 is 22.6 Å². The molecule has 0 heterocycles. The van der Waals surface area contributed by atoms with E-state index in [4.69, 9.17) is 9.47 Å². The Morgan fingerprint density at radius 2 is 1.76 bits per heavy atom. The molecule has 0 radical (unpaired) electrons. The summed E-state index contributed by atoms with van der Waals surface area (Å²) in [6.45, 7) is 0.107. The number of halogens is 1. The molecule has 9 nitrogen and oxygen atoms in total. The van der Waals surface area contributed by atoms with Crippen LogP contribution < -0.4 is 9.47 Å². The fourth-order valence-corrected chi connectivity index (χ4v) is 3.77. The largest absolute Gasteiger partial charge is 0.493 e. The van der Waals surface area contributed by atoms with Crippen LogP contribution in [-0.2, 0) is 6.61 Å². The zero-order valence-electron chi connectivity index (χ0n) is 17.2. The Balaban J connectivity index is 1.87. The van der Waals surface area contributed by atoms with Crippen LogP contribution in [0.3, 0.4) is 0 Å². The zero-order valence-corrected chi connectivity index (χ0v) is 19.4. The highest BCUT2D eigenvalue weighted by Crippen LogP contribution is 2.36. The molecule has 0 aromatic heterocycles. The Kier molecular flexibility index (Phi) is 7.57. The molecule has 3 aromatic rings. The minimum absolute atomic E-state index is 0.0199. The number of nitriles is 1. The lowest BCUT2D eigenvalue weighted by Gasteiger charge is -2.14. The number of benzene rings is 3. The minimum atomic E-state index is -0.501. The molecule has 0 aliphatic rings. The van der Waals surface area contributed by atoms with Gasteiger partial charge in [-0.25, -0.2) is 0 Å². The number of hydrogen-bond donors (Lipinski definition) is 0. The SMILES string of the molecule is COc1cc(/C=C(/C#N)c2ccc([N+](=O)[O-])cc2)cc(I)c1OCc1cccc([N+](=O)[O-])c1. The summed E-state index contributed by atoms with van der Waals surface area (Å²) in [7, 11) is 1.49. The lowest BCUT2D eigenvalue weighted by atomic mass is 10.0. The second kappa shape index (κ2) is 10.6. The first-order valence-electron chi connectivity index (χ1n) is 9.42. The fraction of sp³-hybridized carbons (Fsp3) is 0.0870. The molecule has 0 unspecified atom stereocenters. The third kappa shape index (κ3) is 5.83. The lowest BCUT2D eigenvalue weighted by Crippen LogP contribution is -2.01. The molecule has 0 aliphatic carbocycles. The summed E-state index contributed by atoms with van der Waals surface area (Å²) in [6, 6.07) is 17.5. The van der Waals surface area contributed by atoms with Crippen LogP contribution in [0.4, 0.5) is 11.4 Å². The maximum atomic E-state index is 11.0. The van der Waals surface area contributed by atoms with Crippen molar-refractivity contribution in [2.45, 2.75) is 6.61 Å². The van der Waals surface area contributed by atoms with Gasteiger partial charge in [-0.3, -0.25) is 20.2 Å². The number of rotatable bonds is 8. The van der Waals surface area contributed by atoms with E-state index >= 15 is 0 Å². The van der Waals surface area contributed by atoms with E-state index in [1.54, 1.807) is 30.3 Å². The molecule has 0 amide bonds. The Hall–Kier alpha value is -3.98. The third-order valence-corrected chi connectivity index (χ3v) is 5.38. The van der Waals surface area contributed by atoms with Gasteiger partial charge in [0.05, 0.1) is 32.2 Å². The second-order valence-corrected chi connectivity index (χ2v) is 7.89. The molecular formula is C23H16IN3O6. The summed E-state index contributed by atoms with van der Waals surface area (Å²) in [6.07, 6.45) is 1.65. The van der Waals surface area contributed by atoms with Crippen LogP contribution in [-0.4, -0.2) is 17.0 Å². The van der Waals surface area contributed by atoms with Gasteiger partial charge >= 0.3 is 0 Å². The van der Waals surface area contributed by atoms with Crippen molar-refractivity contribution in [1.29, 1.82) is 5.26 Å². The molecule has 166 valence electrons. The maximum absolute atomic E-state index is 11.0. The highest BCUT2D eigenvalue weighted by atomic mass is 127. The molecule has 0 bridgehead atoms. The summed E-state index contributed by atoms with van der Waals surface area (Å²) < 4.78 is 12.0. The molecule has 0 fully saturated rings. The molecule has 10 heteroatoms. The first-order chi connectivity index (χ1) is 15.8. The average Bonchev–Trinajstić information content (AvgIpc) is 2.81. The highest BCUT2D eigenvalue weighted by molar-refractivity contribution is 14.1. The van der Waals surface area contributed by atoms with Gasteiger partial charge in [0.1, 0.15) is 6.61 Å². The van der Waals surface area contributed by atoms with Gasteiger partial charge in [-0.2, -0.15) is 5.26 Å². The quantitative estimate of drug-likeness (QED) is 0.113. The number of nitro groups is 2. The van der Waals surface area contributed by atoms with Crippen LogP contribution in [0.15, 0.2) is 60.7 Å². The lowest BCUT2D eigenvalue weighted by molar-refractivity contribution is -0.385. The zero-order chi connectivity index (χ0) is 24.0. The number of nitrogens with zero attached hydrogens (tertiary/aromatic N) is 3. The molecule has 0 spiro atoms. The predicted molar refractivity (Wildman–Crippen MR) is 130 cm³/mol. The second-order valence-electron chi connectivity index (χ2n) is 6.72. The van der Waals surface area contributed by atoms with E-state index in [1.165, 1.54) is 43.5 Å². The van der Waals surface area contributed by atoms with Gasteiger partial charge in [-0.1, -0.05) is 12.1 Å². The smallest absolute Gasteiger partial charge is 0.269 e. The van der Waals surface area contributed by atoms with Crippen molar-refractivity contribution in [3.05, 3.63) is 101 Å². The molecule has 0 aliphatic heterocycles. The van der Waals surface area contributed by atoms with Crippen LogP contribution in [0.25, 0.3) is 11.6 Å². The van der Waals surface area contributed by atoms with Gasteiger partial charge in [0.15, 0.2) is 11.5 Å². The molecule has 0 atom stereocenters. The van der Waals surface area contributed by atoms with E-state index in [0.717, 1.165) is 0 Å². The number of nitro benzene ring substituents is 2. The van der Waals surface area contributed by atoms with E-state index in [1.807, 2.05) is 0 Å². The number of methoxy groups -OCH3 is 1. The van der Waals surface area contributed by atoms with Crippen LogP contribution in [0.5, 0.6) is 11.5 Å². The van der Waals surface area contributed by atoms with Crippen LogP contribution in [0, 0.1) is 35.1 Å². The van der Waals surface area contributed by atoms with Crippen molar-refractivity contribution in [3.8, 4) is 17.6 Å². The Bertz CT molecular complexity index is 1280. The standard InChI is InChI=1S/C23H16IN3O6/c1-32-22-12-16(9-18(13-25)17-5-7-19(8-6-17)26(28)29)11-21(24)23(22)33-14-15-3-2-4-20(10-15)27(30)31/h2-12H,14H2,1H3/b18-9-. The predicted octanol–water partition coefficient (Wildman–Crippen LogP) is 5.76.